The monoisotopic (exact) mass is 319 g/mol. The van der Waals surface area contributed by atoms with E-state index in [1.54, 1.807) is 6.20 Å². The van der Waals surface area contributed by atoms with Crippen LogP contribution in [0.4, 0.5) is 4.79 Å². The number of amides is 3. The summed E-state index contributed by atoms with van der Waals surface area (Å²) in [5.41, 5.74) is 1.08. The van der Waals surface area contributed by atoms with Crippen LogP contribution in [0.15, 0.2) is 12.4 Å². The Kier molecular flexibility index (Phi) is 5.15. The number of hydrogen-bond acceptors (Lipinski definition) is 3. The number of piperidine rings is 1. The van der Waals surface area contributed by atoms with Gasteiger partial charge in [-0.25, -0.2) is 4.79 Å². The summed E-state index contributed by atoms with van der Waals surface area (Å²) < 4.78 is 0. The highest BCUT2D eigenvalue weighted by molar-refractivity contribution is 5.80. The minimum Gasteiger partial charge on any atom is -0.342 e. The highest BCUT2D eigenvalue weighted by atomic mass is 16.2. The molecule has 2 N–H and O–H groups in total. The van der Waals surface area contributed by atoms with Crippen molar-refractivity contribution in [1.29, 1.82) is 0 Å². The Balaban J connectivity index is 1.37. The molecule has 2 aliphatic heterocycles. The van der Waals surface area contributed by atoms with Crippen molar-refractivity contribution in [2.24, 2.45) is 5.92 Å². The zero-order valence-electron chi connectivity index (χ0n) is 13.5. The molecule has 23 heavy (non-hydrogen) atoms. The minimum atomic E-state index is -0.0273. The average Bonchev–Trinajstić information content (AvgIpc) is 3.28. The van der Waals surface area contributed by atoms with Gasteiger partial charge in [0, 0.05) is 44.8 Å². The van der Waals surface area contributed by atoms with Crippen molar-refractivity contribution in [3.8, 4) is 0 Å². The Bertz CT molecular complexity index is 517. The van der Waals surface area contributed by atoms with E-state index in [2.05, 4.69) is 15.5 Å². The number of hydrogen-bond donors (Lipinski definition) is 2. The number of nitrogens with one attached hydrogen (secondary N) is 2. The molecule has 7 nitrogen and oxygen atoms in total. The molecule has 0 radical (unpaired) electrons. The van der Waals surface area contributed by atoms with Crippen LogP contribution in [0.1, 0.15) is 31.2 Å². The normalized spacial score (nSPS) is 19.1. The Hall–Kier alpha value is -2.05. The van der Waals surface area contributed by atoms with Crippen LogP contribution in [-0.2, 0) is 11.2 Å². The van der Waals surface area contributed by atoms with Crippen LogP contribution in [-0.4, -0.2) is 64.7 Å². The molecular formula is C16H25N5O2. The molecule has 0 unspecified atom stereocenters. The third kappa shape index (κ3) is 4.03. The van der Waals surface area contributed by atoms with Crippen molar-refractivity contribution in [1.82, 2.24) is 25.3 Å². The van der Waals surface area contributed by atoms with Gasteiger partial charge in [-0.15, -0.1) is 0 Å². The molecular weight excluding hydrogens is 294 g/mol. The van der Waals surface area contributed by atoms with Gasteiger partial charge in [-0.1, -0.05) is 0 Å². The second-order valence-corrected chi connectivity index (χ2v) is 6.38. The molecule has 3 rings (SSSR count). The van der Waals surface area contributed by atoms with Gasteiger partial charge in [0.2, 0.25) is 5.91 Å². The zero-order valence-corrected chi connectivity index (χ0v) is 13.5. The maximum absolute atomic E-state index is 12.4. The van der Waals surface area contributed by atoms with Gasteiger partial charge in [-0.2, -0.15) is 5.10 Å². The summed E-state index contributed by atoms with van der Waals surface area (Å²) in [6.45, 7) is 3.76. The fourth-order valence-electron chi connectivity index (χ4n) is 3.37. The predicted molar refractivity (Wildman–Crippen MR) is 85.8 cm³/mol. The fraction of sp³-hybridized carbons (Fsp3) is 0.688. The highest BCUT2D eigenvalue weighted by Gasteiger charge is 2.31. The third-order valence-electron chi connectivity index (χ3n) is 4.79. The van der Waals surface area contributed by atoms with Crippen molar-refractivity contribution < 1.29 is 9.59 Å². The number of nitrogens with zero attached hydrogens (tertiary/aromatic N) is 3. The number of urea groups is 1. The molecule has 1 aromatic heterocycles. The molecule has 0 spiro atoms. The van der Waals surface area contributed by atoms with Crippen molar-refractivity contribution in [2.45, 2.75) is 32.1 Å². The molecule has 2 saturated heterocycles. The van der Waals surface area contributed by atoms with Crippen molar-refractivity contribution in [3.63, 3.8) is 0 Å². The van der Waals surface area contributed by atoms with Crippen LogP contribution < -0.4 is 5.32 Å². The summed E-state index contributed by atoms with van der Waals surface area (Å²) in [4.78, 5) is 28.3. The van der Waals surface area contributed by atoms with E-state index in [9.17, 15) is 9.59 Å². The summed E-state index contributed by atoms with van der Waals surface area (Å²) in [5.74, 6) is 0.394. The van der Waals surface area contributed by atoms with Crippen LogP contribution >= 0.6 is 0 Å². The van der Waals surface area contributed by atoms with Crippen LogP contribution in [0, 0.1) is 5.92 Å². The van der Waals surface area contributed by atoms with Crippen LogP contribution in [0.3, 0.4) is 0 Å². The number of likely N-dealkylation sites (tertiary alicyclic amines) is 2. The first-order valence-electron chi connectivity index (χ1n) is 8.53. The maximum atomic E-state index is 12.4. The zero-order chi connectivity index (χ0) is 16.1. The standard InChI is InChI=1S/C16H25N5O2/c22-15(20-7-1-2-8-20)14-4-9-21(10-5-14)16(23)17-6-3-13-11-18-19-12-13/h11-12,14H,1-10H2,(H,17,23)(H,18,19). The Morgan fingerprint density at radius 3 is 2.57 bits per heavy atom. The van der Waals surface area contributed by atoms with Gasteiger partial charge in [-0.05, 0) is 37.7 Å². The molecule has 0 bridgehead atoms. The molecule has 0 aliphatic carbocycles. The molecule has 0 aromatic carbocycles. The third-order valence-corrected chi connectivity index (χ3v) is 4.79. The second kappa shape index (κ2) is 7.48. The fourth-order valence-corrected chi connectivity index (χ4v) is 3.37. The van der Waals surface area contributed by atoms with Crippen molar-refractivity contribution in [3.05, 3.63) is 18.0 Å². The molecule has 7 heteroatoms. The van der Waals surface area contributed by atoms with Crippen molar-refractivity contribution in [2.75, 3.05) is 32.7 Å². The summed E-state index contributed by atoms with van der Waals surface area (Å²) in [6.07, 6.45) is 8.19. The summed E-state index contributed by atoms with van der Waals surface area (Å²) in [7, 11) is 0. The number of aromatic amines is 1. The first-order chi connectivity index (χ1) is 11.2. The van der Waals surface area contributed by atoms with Gasteiger partial charge in [0.05, 0.1) is 6.20 Å². The Morgan fingerprint density at radius 2 is 1.91 bits per heavy atom. The first-order valence-corrected chi connectivity index (χ1v) is 8.53. The second-order valence-electron chi connectivity index (χ2n) is 6.38. The average molecular weight is 319 g/mol. The minimum absolute atomic E-state index is 0.0273. The topological polar surface area (TPSA) is 81.3 Å². The van der Waals surface area contributed by atoms with E-state index in [0.717, 1.165) is 50.8 Å². The molecule has 1 aromatic rings. The van der Waals surface area contributed by atoms with E-state index >= 15 is 0 Å². The number of carbonyl (C=O) groups is 2. The molecule has 126 valence electrons. The lowest BCUT2D eigenvalue weighted by molar-refractivity contribution is -0.135. The van der Waals surface area contributed by atoms with E-state index in [0.29, 0.717) is 25.5 Å². The lowest BCUT2D eigenvalue weighted by Gasteiger charge is -2.33. The predicted octanol–water partition coefficient (Wildman–Crippen LogP) is 0.996. The van der Waals surface area contributed by atoms with Gasteiger partial charge in [0.1, 0.15) is 0 Å². The molecule has 0 atom stereocenters. The Labute approximate surface area is 136 Å². The first kappa shape index (κ1) is 15.8. The smallest absolute Gasteiger partial charge is 0.317 e. The van der Waals surface area contributed by atoms with E-state index in [1.165, 1.54) is 0 Å². The maximum Gasteiger partial charge on any atom is 0.317 e. The molecule has 2 aliphatic rings. The van der Waals surface area contributed by atoms with E-state index in [4.69, 9.17) is 0 Å². The Morgan fingerprint density at radius 1 is 1.17 bits per heavy atom. The quantitative estimate of drug-likeness (QED) is 0.868. The lowest BCUT2D eigenvalue weighted by Crippen LogP contribution is -2.47. The van der Waals surface area contributed by atoms with Gasteiger partial charge >= 0.3 is 6.03 Å². The van der Waals surface area contributed by atoms with E-state index in [1.807, 2.05) is 16.0 Å². The largest absolute Gasteiger partial charge is 0.342 e. The van der Waals surface area contributed by atoms with Gasteiger partial charge in [0.25, 0.3) is 0 Å². The van der Waals surface area contributed by atoms with Crippen LogP contribution in [0.2, 0.25) is 0 Å². The van der Waals surface area contributed by atoms with Crippen LogP contribution in [0.25, 0.3) is 0 Å². The number of H-pyrrole nitrogens is 1. The van der Waals surface area contributed by atoms with E-state index in [-0.39, 0.29) is 11.9 Å². The van der Waals surface area contributed by atoms with Gasteiger partial charge < -0.3 is 15.1 Å². The molecule has 2 fully saturated rings. The van der Waals surface area contributed by atoms with Gasteiger partial charge in [-0.3, -0.25) is 9.89 Å². The summed E-state index contributed by atoms with van der Waals surface area (Å²) in [5, 5.41) is 9.58. The van der Waals surface area contributed by atoms with Crippen LogP contribution in [0.5, 0.6) is 0 Å². The summed E-state index contributed by atoms with van der Waals surface area (Å²) in [6, 6.07) is -0.0273. The highest BCUT2D eigenvalue weighted by Crippen LogP contribution is 2.22. The number of carbonyl (C=O) groups excluding carboxylic acids is 2. The molecule has 0 saturated carbocycles. The molecule has 3 heterocycles. The SMILES string of the molecule is O=C(NCCc1cn[nH]c1)N1CCC(C(=O)N2CCCC2)CC1. The van der Waals surface area contributed by atoms with E-state index < -0.39 is 0 Å². The lowest BCUT2D eigenvalue weighted by atomic mass is 9.95. The van der Waals surface area contributed by atoms with Gasteiger partial charge in [0.15, 0.2) is 0 Å². The summed E-state index contributed by atoms with van der Waals surface area (Å²) >= 11 is 0. The molecule has 3 amide bonds. The number of rotatable bonds is 4. The number of aromatic nitrogens is 2. The van der Waals surface area contributed by atoms with Crippen molar-refractivity contribution >= 4 is 11.9 Å².